The van der Waals surface area contributed by atoms with Gasteiger partial charge >= 0.3 is 0 Å². The maximum absolute atomic E-state index is 11.4. The van der Waals surface area contributed by atoms with Gasteiger partial charge in [-0.05, 0) is 24.3 Å². The highest BCUT2D eigenvalue weighted by atomic mass is 32.1. The van der Waals surface area contributed by atoms with Gasteiger partial charge < -0.3 is 11.1 Å². The molecule has 1 aromatic rings. The quantitative estimate of drug-likeness (QED) is 0.770. The number of carbonyl (C=O) groups excluding carboxylic acids is 2. The molecule has 0 aliphatic rings. The molecule has 0 aromatic carbocycles. The molecule has 0 bridgehead atoms. The van der Waals surface area contributed by atoms with Crippen LogP contribution in [0.15, 0.2) is 17.5 Å². The molecule has 0 aliphatic heterocycles. The van der Waals surface area contributed by atoms with E-state index in [0.717, 1.165) is 6.42 Å². The van der Waals surface area contributed by atoms with E-state index < -0.39 is 0 Å². The first-order valence-corrected chi connectivity index (χ1v) is 6.56. The number of carbonyl (C=O) groups is 2. The summed E-state index contributed by atoms with van der Waals surface area (Å²) in [6.07, 6.45) is 1.73. The van der Waals surface area contributed by atoms with Crippen LogP contribution in [0, 0.1) is 5.92 Å². The maximum atomic E-state index is 11.4. The Hall–Kier alpha value is -1.36. The SMILES string of the molecule is C[C@@H](CCC(=O)NCCc1cccs1)C(N)=O. The molecule has 3 N–H and O–H groups in total. The highest BCUT2D eigenvalue weighted by Gasteiger charge is 2.10. The molecule has 1 rings (SSSR count). The van der Waals surface area contributed by atoms with Crippen LogP contribution in [0.2, 0.25) is 0 Å². The van der Waals surface area contributed by atoms with Crippen molar-refractivity contribution in [3.63, 3.8) is 0 Å². The van der Waals surface area contributed by atoms with Crippen molar-refractivity contribution in [2.45, 2.75) is 26.2 Å². The Balaban J connectivity index is 2.11. The van der Waals surface area contributed by atoms with Gasteiger partial charge in [-0.3, -0.25) is 9.59 Å². The minimum atomic E-state index is -0.351. The number of amides is 2. The highest BCUT2D eigenvalue weighted by molar-refractivity contribution is 7.09. The molecule has 17 heavy (non-hydrogen) atoms. The average Bonchev–Trinajstić information content (AvgIpc) is 2.78. The fourth-order valence-electron chi connectivity index (χ4n) is 1.36. The summed E-state index contributed by atoms with van der Waals surface area (Å²) in [6, 6.07) is 4.04. The standard InChI is InChI=1S/C12H18N2O2S/c1-9(12(13)16)4-5-11(15)14-7-6-10-3-2-8-17-10/h2-3,8-9H,4-7H2,1H3,(H2,13,16)(H,14,15)/t9-/m0/s1. The largest absolute Gasteiger partial charge is 0.369 e. The lowest BCUT2D eigenvalue weighted by molar-refractivity contribution is -0.123. The van der Waals surface area contributed by atoms with Crippen molar-refractivity contribution in [1.29, 1.82) is 0 Å². The number of nitrogens with two attached hydrogens (primary N) is 1. The second-order valence-corrected chi connectivity index (χ2v) is 5.05. The zero-order chi connectivity index (χ0) is 12.7. The van der Waals surface area contributed by atoms with E-state index in [1.54, 1.807) is 18.3 Å². The molecule has 0 radical (unpaired) electrons. The van der Waals surface area contributed by atoms with Gasteiger partial charge in [0.15, 0.2) is 0 Å². The summed E-state index contributed by atoms with van der Waals surface area (Å²) < 4.78 is 0. The Morgan fingerprint density at radius 3 is 2.88 bits per heavy atom. The molecular formula is C12H18N2O2S. The lowest BCUT2D eigenvalue weighted by atomic mass is 10.1. The Morgan fingerprint density at radius 1 is 1.53 bits per heavy atom. The minimum Gasteiger partial charge on any atom is -0.369 e. The van der Waals surface area contributed by atoms with Gasteiger partial charge in [-0.1, -0.05) is 13.0 Å². The third-order valence-electron chi connectivity index (χ3n) is 2.56. The molecule has 2 amide bonds. The lowest BCUT2D eigenvalue weighted by Gasteiger charge is -2.07. The molecule has 4 nitrogen and oxygen atoms in total. The summed E-state index contributed by atoms with van der Waals surface area (Å²) in [4.78, 5) is 23.5. The molecule has 1 aromatic heterocycles. The molecule has 0 saturated heterocycles. The van der Waals surface area contributed by atoms with Crippen molar-refractivity contribution in [2.24, 2.45) is 11.7 Å². The monoisotopic (exact) mass is 254 g/mol. The molecule has 1 atom stereocenters. The van der Waals surface area contributed by atoms with Gasteiger partial charge in [0.05, 0.1) is 0 Å². The average molecular weight is 254 g/mol. The fraction of sp³-hybridized carbons (Fsp3) is 0.500. The zero-order valence-corrected chi connectivity index (χ0v) is 10.8. The first-order valence-electron chi connectivity index (χ1n) is 5.68. The molecular weight excluding hydrogens is 236 g/mol. The van der Waals surface area contributed by atoms with Gasteiger partial charge in [0.2, 0.25) is 11.8 Å². The summed E-state index contributed by atoms with van der Waals surface area (Å²) in [6.45, 7) is 2.38. The summed E-state index contributed by atoms with van der Waals surface area (Å²) in [5.41, 5.74) is 5.12. The molecule has 0 unspecified atom stereocenters. The molecule has 0 fully saturated rings. The molecule has 1 heterocycles. The summed E-state index contributed by atoms with van der Waals surface area (Å²) in [5, 5.41) is 4.85. The second kappa shape index (κ2) is 7.06. The smallest absolute Gasteiger partial charge is 0.220 e. The van der Waals surface area contributed by atoms with Crippen molar-refractivity contribution in [2.75, 3.05) is 6.54 Å². The molecule has 94 valence electrons. The van der Waals surface area contributed by atoms with Gasteiger partial charge in [-0.2, -0.15) is 0 Å². The Morgan fingerprint density at radius 2 is 2.29 bits per heavy atom. The number of nitrogens with one attached hydrogen (secondary N) is 1. The van der Waals surface area contributed by atoms with Crippen molar-refractivity contribution < 1.29 is 9.59 Å². The summed E-state index contributed by atoms with van der Waals surface area (Å²) >= 11 is 1.68. The van der Waals surface area contributed by atoms with E-state index in [9.17, 15) is 9.59 Å². The van der Waals surface area contributed by atoms with Crippen LogP contribution in [-0.4, -0.2) is 18.4 Å². The number of thiophene rings is 1. The topological polar surface area (TPSA) is 72.2 Å². The zero-order valence-electron chi connectivity index (χ0n) is 9.94. The van der Waals surface area contributed by atoms with Crippen LogP contribution >= 0.6 is 11.3 Å². The lowest BCUT2D eigenvalue weighted by Crippen LogP contribution is -2.27. The predicted molar refractivity (Wildman–Crippen MR) is 68.6 cm³/mol. The summed E-state index contributed by atoms with van der Waals surface area (Å²) in [5.74, 6) is -0.607. The highest BCUT2D eigenvalue weighted by Crippen LogP contribution is 2.08. The van der Waals surface area contributed by atoms with Gasteiger partial charge in [-0.25, -0.2) is 0 Å². The van der Waals surface area contributed by atoms with E-state index >= 15 is 0 Å². The van der Waals surface area contributed by atoms with Crippen molar-refractivity contribution in [3.8, 4) is 0 Å². The number of rotatable bonds is 7. The fourth-order valence-corrected chi connectivity index (χ4v) is 2.07. The van der Waals surface area contributed by atoms with Crippen LogP contribution in [-0.2, 0) is 16.0 Å². The van der Waals surface area contributed by atoms with Crippen LogP contribution in [0.3, 0.4) is 0 Å². The number of hydrogen-bond acceptors (Lipinski definition) is 3. The third-order valence-corrected chi connectivity index (χ3v) is 3.50. The molecule has 0 saturated carbocycles. The minimum absolute atomic E-state index is 0.0188. The van der Waals surface area contributed by atoms with Crippen LogP contribution in [0.1, 0.15) is 24.6 Å². The number of primary amides is 1. The van der Waals surface area contributed by atoms with Crippen molar-refractivity contribution >= 4 is 23.2 Å². The normalized spacial score (nSPS) is 12.1. The Bertz CT molecular complexity index is 363. The Kier molecular flexibility index (Phi) is 5.69. The van der Waals surface area contributed by atoms with Gasteiger partial charge in [0.25, 0.3) is 0 Å². The van der Waals surface area contributed by atoms with E-state index in [1.807, 2.05) is 17.5 Å². The van der Waals surface area contributed by atoms with E-state index in [0.29, 0.717) is 19.4 Å². The van der Waals surface area contributed by atoms with Crippen LogP contribution in [0.5, 0.6) is 0 Å². The molecule has 0 spiro atoms. The third kappa shape index (κ3) is 5.49. The first-order chi connectivity index (χ1) is 8.09. The van der Waals surface area contributed by atoms with Crippen LogP contribution in [0.4, 0.5) is 0 Å². The van der Waals surface area contributed by atoms with E-state index in [1.165, 1.54) is 4.88 Å². The van der Waals surface area contributed by atoms with E-state index in [4.69, 9.17) is 5.73 Å². The predicted octanol–water partition coefficient (Wildman–Crippen LogP) is 1.31. The molecule has 5 heteroatoms. The second-order valence-electron chi connectivity index (χ2n) is 4.02. The van der Waals surface area contributed by atoms with E-state index in [-0.39, 0.29) is 17.7 Å². The van der Waals surface area contributed by atoms with Crippen LogP contribution < -0.4 is 11.1 Å². The van der Waals surface area contributed by atoms with Crippen LogP contribution in [0.25, 0.3) is 0 Å². The van der Waals surface area contributed by atoms with Gasteiger partial charge in [-0.15, -0.1) is 11.3 Å². The number of hydrogen-bond donors (Lipinski definition) is 2. The van der Waals surface area contributed by atoms with Crippen molar-refractivity contribution in [1.82, 2.24) is 5.32 Å². The van der Waals surface area contributed by atoms with E-state index in [2.05, 4.69) is 5.32 Å². The Labute approximate surface area is 105 Å². The maximum Gasteiger partial charge on any atom is 0.220 e. The van der Waals surface area contributed by atoms with Crippen molar-refractivity contribution in [3.05, 3.63) is 22.4 Å². The van der Waals surface area contributed by atoms with Gasteiger partial charge in [0.1, 0.15) is 0 Å². The first kappa shape index (κ1) is 13.7. The summed E-state index contributed by atoms with van der Waals surface area (Å²) in [7, 11) is 0. The molecule has 0 aliphatic carbocycles. The van der Waals surface area contributed by atoms with Gasteiger partial charge in [0, 0.05) is 23.8 Å².